The van der Waals surface area contributed by atoms with Crippen molar-refractivity contribution in [2.24, 2.45) is 0 Å². The molecule has 2 aromatic carbocycles. The quantitative estimate of drug-likeness (QED) is 0.645. The van der Waals surface area contributed by atoms with Crippen molar-refractivity contribution in [3.63, 3.8) is 0 Å². The second-order valence-corrected chi connectivity index (χ2v) is 10.2. The van der Waals surface area contributed by atoms with Crippen LogP contribution < -0.4 is 4.74 Å². The van der Waals surface area contributed by atoms with Crippen LogP contribution in [0.2, 0.25) is 0 Å². The molecular weight excluding hydrogens is 414 g/mol. The van der Waals surface area contributed by atoms with Crippen LogP contribution in [0.3, 0.4) is 0 Å². The molecule has 2 bridgehead atoms. The number of aromatic hydroxyl groups is 1. The molecule has 33 heavy (non-hydrogen) atoms. The predicted molar refractivity (Wildman–Crippen MR) is 126 cm³/mol. The topological polar surface area (TPSA) is 59.0 Å². The number of phenols is 1. The van der Waals surface area contributed by atoms with Gasteiger partial charge in [-0.25, -0.2) is 0 Å². The highest BCUT2D eigenvalue weighted by Crippen LogP contribution is 2.66. The number of phenolic OH excluding ortho intramolecular Hbond substituents is 1. The van der Waals surface area contributed by atoms with Crippen LogP contribution in [0.1, 0.15) is 55.7 Å². The van der Waals surface area contributed by atoms with E-state index in [2.05, 4.69) is 36.1 Å². The molecule has 0 amide bonds. The molecule has 4 atom stereocenters. The van der Waals surface area contributed by atoms with Crippen LogP contribution in [0.4, 0.5) is 0 Å². The van der Waals surface area contributed by atoms with E-state index in [1.807, 2.05) is 12.1 Å². The van der Waals surface area contributed by atoms with Crippen LogP contribution in [0.5, 0.6) is 11.5 Å². The molecule has 0 aromatic heterocycles. The Morgan fingerprint density at radius 2 is 2.03 bits per heavy atom. The van der Waals surface area contributed by atoms with Crippen LogP contribution in [0.25, 0.3) is 0 Å². The lowest BCUT2D eigenvalue weighted by molar-refractivity contribution is -0.213. The first-order valence-corrected chi connectivity index (χ1v) is 12.6. The Labute approximate surface area is 195 Å². The van der Waals surface area contributed by atoms with Crippen molar-refractivity contribution >= 4 is 5.78 Å². The molecule has 6 rings (SSSR count). The molecule has 174 valence electrons. The molecular formula is C28H33NO4. The molecule has 1 saturated heterocycles. The fourth-order valence-corrected chi connectivity index (χ4v) is 7.41. The normalized spacial score (nSPS) is 31.8. The number of ketones is 1. The van der Waals surface area contributed by atoms with Gasteiger partial charge in [0.15, 0.2) is 23.4 Å². The minimum atomic E-state index is -0.547. The minimum absolute atomic E-state index is 0.151. The summed E-state index contributed by atoms with van der Waals surface area (Å²) in [7, 11) is 0. The average molecular weight is 448 g/mol. The van der Waals surface area contributed by atoms with Crippen molar-refractivity contribution < 1.29 is 19.4 Å². The van der Waals surface area contributed by atoms with Gasteiger partial charge in [0.25, 0.3) is 0 Å². The summed E-state index contributed by atoms with van der Waals surface area (Å²) in [6.45, 7) is 4.87. The summed E-state index contributed by atoms with van der Waals surface area (Å²) in [4.78, 5) is 15.8. The highest BCUT2D eigenvalue weighted by molar-refractivity contribution is 5.90. The van der Waals surface area contributed by atoms with E-state index in [4.69, 9.17) is 9.47 Å². The summed E-state index contributed by atoms with van der Waals surface area (Å²) in [5, 5.41) is 10.7. The number of nitrogens with zero attached hydrogens (tertiary/aromatic N) is 1. The number of hydrogen-bond donors (Lipinski definition) is 1. The first-order chi connectivity index (χ1) is 16.1. The fraction of sp³-hybridized carbons (Fsp3) is 0.536. The molecule has 1 saturated carbocycles. The SMILES string of the molecule is CCCN1CC[C@]23c4c5ccc(O)c4O[C@H]2C(=O)CC[C@@]3(OCCCc2ccccc2)[C@H]1C5. The van der Waals surface area contributed by atoms with Gasteiger partial charge in [-0.2, -0.15) is 0 Å². The fourth-order valence-electron chi connectivity index (χ4n) is 7.41. The smallest absolute Gasteiger partial charge is 0.174 e. The lowest BCUT2D eigenvalue weighted by Crippen LogP contribution is -2.77. The van der Waals surface area contributed by atoms with Gasteiger partial charge in [-0.05, 0) is 68.8 Å². The minimum Gasteiger partial charge on any atom is -0.504 e. The van der Waals surface area contributed by atoms with Gasteiger partial charge in [-0.1, -0.05) is 43.3 Å². The van der Waals surface area contributed by atoms with Gasteiger partial charge in [0.05, 0.1) is 11.0 Å². The number of carbonyl (C=O) groups excluding carboxylic acids is 1. The molecule has 1 N–H and O–H groups in total. The van der Waals surface area contributed by atoms with E-state index in [9.17, 15) is 9.90 Å². The highest BCUT2D eigenvalue weighted by Gasteiger charge is 2.74. The number of rotatable bonds is 7. The van der Waals surface area contributed by atoms with Crippen molar-refractivity contribution in [1.82, 2.24) is 4.90 Å². The molecule has 0 radical (unpaired) electrons. The van der Waals surface area contributed by atoms with E-state index in [0.29, 0.717) is 18.8 Å². The summed E-state index contributed by atoms with van der Waals surface area (Å²) in [5.41, 5.74) is 2.66. The van der Waals surface area contributed by atoms with E-state index in [-0.39, 0.29) is 17.6 Å². The molecule has 5 heteroatoms. The zero-order chi connectivity index (χ0) is 22.6. The molecule has 2 aliphatic carbocycles. The van der Waals surface area contributed by atoms with Crippen molar-refractivity contribution in [3.8, 4) is 11.5 Å². The second-order valence-electron chi connectivity index (χ2n) is 10.2. The zero-order valence-corrected chi connectivity index (χ0v) is 19.4. The number of benzene rings is 2. The number of piperidine rings is 1. The Hall–Kier alpha value is -2.37. The lowest BCUT2D eigenvalue weighted by atomic mass is 9.48. The van der Waals surface area contributed by atoms with Crippen molar-refractivity contribution in [2.45, 2.75) is 75.0 Å². The van der Waals surface area contributed by atoms with E-state index in [0.717, 1.165) is 57.2 Å². The highest BCUT2D eigenvalue weighted by atomic mass is 16.5. The summed E-state index contributed by atoms with van der Waals surface area (Å²) in [6.07, 6.45) is 5.41. The Bertz CT molecular complexity index is 1070. The number of aryl methyl sites for hydroxylation is 1. The van der Waals surface area contributed by atoms with Gasteiger partial charge in [-0.3, -0.25) is 9.69 Å². The summed E-state index contributed by atoms with van der Waals surface area (Å²) >= 11 is 0. The van der Waals surface area contributed by atoms with Crippen LogP contribution in [0, 0.1) is 0 Å². The van der Waals surface area contributed by atoms with Crippen LogP contribution in [-0.2, 0) is 27.8 Å². The van der Waals surface area contributed by atoms with Crippen molar-refractivity contribution in [1.29, 1.82) is 0 Å². The first-order valence-electron chi connectivity index (χ1n) is 12.6. The van der Waals surface area contributed by atoms with Gasteiger partial charge in [0.1, 0.15) is 0 Å². The lowest BCUT2D eigenvalue weighted by Gasteiger charge is -2.64. The number of likely N-dealkylation sites (tertiary alicyclic amines) is 1. The van der Waals surface area contributed by atoms with Crippen molar-refractivity contribution in [2.75, 3.05) is 19.7 Å². The van der Waals surface area contributed by atoms with E-state index >= 15 is 0 Å². The molecule has 2 fully saturated rings. The van der Waals surface area contributed by atoms with E-state index < -0.39 is 17.1 Å². The van der Waals surface area contributed by atoms with Gasteiger partial charge in [-0.15, -0.1) is 0 Å². The third-order valence-corrected chi connectivity index (χ3v) is 8.65. The molecule has 4 aliphatic rings. The molecule has 0 unspecified atom stereocenters. The largest absolute Gasteiger partial charge is 0.504 e. The van der Waals surface area contributed by atoms with E-state index in [1.54, 1.807) is 6.07 Å². The first kappa shape index (κ1) is 21.2. The van der Waals surface area contributed by atoms with Crippen LogP contribution >= 0.6 is 0 Å². The van der Waals surface area contributed by atoms with Gasteiger partial charge < -0.3 is 14.6 Å². The third-order valence-electron chi connectivity index (χ3n) is 8.65. The van der Waals surface area contributed by atoms with Crippen LogP contribution in [-0.4, -0.2) is 53.2 Å². The maximum absolute atomic E-state index is 13.2. The maximum Gasteiger partial charge on any atom is 0.174 e. The number of carbonyl (C=O) groups is 1. The monoisotopic (exact) mass is 447 g/mol. The molecule has 5 nitrogen and oxygen atoms in total. The number of ether oxygens (including phenoxy) is 2. The standard InChI is InChI=1S/C28H33NO4/c1-2-15-29-16-14-27-24-20-10-11-21(30)25(24)33-26(27)22(31)12-13-28(27,23(29)18-20)32-17-6-9-19-7-4-3-5-8-19/h3-5,7-8,10-11,23,26,30H,2,6,9,12-18H2,1H3/t23-,26+,27+,28-/m1/s1. The summed E-state index contributed by atoms with van der Waals surface area (Å²) in [5.74, 6) is 0.842. The molecule has 1 spiro atoms. The number of hydrogen-bond acceptors (Lipinski definition) is 5. The molecule has 2 aliphatic heterocycles. The van der Waals surface area contributed by atoms with Crippen LogP contribution in [0.15, 0.2) is 42.5 Å². The number of Topliss-reactive ketones (excluding diaryl/α,β-unsaturated/α-hetero) is 1. The maximum atomic E-state index is 13.2. The Balaban J connectivity index is 1.40. The van der Waals surface area contributed by atoms with Gasteiger partial charge in [0, 0.05) is 24.6 Å². The van der Waals surface area contributed by atoms with Gasteiger partial charge >= 0.3 is 0 Å². The predicted octanol–water partition coefficient (Wildman–Crippen LogP) is 4.18. The van der Waals surface area contributed by atoms with E-state index in [1.165, 1.54) is 11.1 Å². The Kier molecular flexibility index (Phi) is 5.04. The summed E-state index contributed by atoms with van der Waals surface area (Å²) in [6, 6.07) is 14.6. The average Bonchev–Trinajstić information content (AvgIpc) is 3.19. The summed E-state index contributed by atoms with van der Waals surface area (Å²) < 4.78 is 13.3. The van der Waals surface area contributed by atoms with Crippen molar-refractivity contribution in [3.05, 3.63) is 59.2 Å². The third kappa shape index (κ3) is 2.88. The second kappa shape index (κ2) is 7.85. The zero-order valence-electron chi connectivity index (χ0n) is 19.4. The molecule has 2 aromatic rings. The Morgan fingerprint density at radius 3 is 2.85 bits per heavy atom. The Morgan fingerprint density at radius 1 is 1.18 bits per heavy atom. The van der Waals surface area contributed by atoms with Gasteiger partial charge in [0.2, 0.25) is 0 Å². The molecule has 2 heterocycles.